The molecule has 0 aliphatic rings. The summed E-state index contributed by atoms with van der Waals surface area (Å²) in [4.78, 5) is 14.0. The zero-order valence-electron chi connectivity index (χ0n) is 12.2. The van der Waals surface area contributed by atoms with Crippen LogP contribution >= 0.6 is 11.3 Å². The SMILES string of the molecule is CN(C)[C@@H](CNC(=O)Cc1cccc(F)c1)c1ccsc1. The van der Waals surface area contributed by atoms with Crippen molar-refractivity contribution >= 4 is 17.2 Å². The van der Waals surface area contributed by atoms with Crippen molar-refractivity contribution in [1.82, 2.24) is 10.2 Å². The van der Waals surface area contributed by atoms with Crippen LogP contribution in [-0.2, 0) is 11.2 Å². The van der Waals surface area contributed by atoms with Crippen LogP contribution in [0.5, 0.6) is 0 Å². The van der Waals surface area contributed by atoms with Crippen LogP contribution in [0.15, 0.2) is 41.1 Å². The monoisotopic (exact) mass is 306 g/mol. The highest BCUT2D eigenvalue weighted by Crippen LogP contribution is 2.20. The molecule has 0 saturated carbocycles. The van der Waals surface area contributed by atoms with Gasteiger partial charge in [-0.15, -0.1) is 0 Å². The summed E-state index contributed by atoms with van der Waals surface area (Å²) in [5, 5.41) is 7.04. The number of halogens is 1. The summed E-state index contributed by atoms with van der Waals surface area (Å²) < 4.78 is 13.1. The lowest BCUT2D eigenvalue weighted by atomic mass is 10.1. The predicted octanol–water partition coefficient (Wildman–Crippen LogP) is 2.85. The Bertz CT molecular complexity index is 584. The summed E-state index contributed by atoms with van der Waals surface area (Å²) in [6.07, 6.45) is 0.196. The third-order valence-electron chi connectivity index (χ3n) is 3.30. The molecule has 21 heavy (non-hydrogen) atoms. The second kappa shape index (κ2) is 7.33. The molecular formula is C16H19FN2OS. The zero-order valence-corrected chi connectivity index (χ0v) is 13.0. The highest BCUT2D eigenvalue weighted by Gasteiger charge is 2.15. The molecule has 1 N–H and O–H groups in total. The van der Waals surface area contributed by atoms with Gasteiger partial charge < -0.3 is 10.2 Å². The summed E-state index contributed by atoms with van der Waals surface area (Å²) >= 11 is 1.64. The largest absolute Gasteiger partial charge is 0.354 e. The average molecular weight is 306 g/mol. The summed E-state index contributed by atoms with van der Waals surface area (Å²) in [6.45, 7) is 0.540. The molecular weight excluding hydrogens is 287 g/mol. The van der Waals surface area contributed by atoms with Crippen molar-refractivity contribution in [2.45, 2.75) is 12.5 Å². The Morgan fingerprint density at radius 2 is 2.19 bits per heavy atom. The molecule has 0 saturated heterocycles. The molecule has 5 heteroatoms. The third kappa shape index (κ3) is 4.65. The fourth-order valence-electron chi connectivity index (χ4n) is 2.17. The van der Waals surface area contributed by atoms with E-state index >= 15 is 0 Å². The number of likely N-dealkylation sites (N-methyl/N-ethyl adjacent to an activating group) is 1. The molecule has 0 radical (unpaired) electrons. The molecule has 2 rings (SSSR count). The Morgan fingerprint density at radius 3 is 2.81 bits per heavy atom. The first kappa shape index (κ1) is 15.7. The van der Waals surface area contributed by atoms with Gasteiger partial charge in [-0.2, -0.15) is 11.3 Å². The van der Waals surface area contributed by atoms with Gasteiger partial charge in [-0.25, -0.2) is 4.39 Å². The summed E-state index contributed by atoms with van der Waals surface area (Å²) in [6, 6.07) is 8.35. The highest BCUT2D eigenvalue weighted by atomic mass is 32.1. The molecule has 0 aliphatic carbocycles. The van der Waals surface area contributed by atoms with Crippen LogP contribution in [0.1, 0.15) is 17.2 Å². The Morgan fingerprint density at radius 1 is 1.38 bits per heavy atom. The molecule has 3 nitrogen and oxygen atoms in total. The van der Waals surface area contributed by atoms with Gasteiger partial charge >= 0.3 is 0 Å². The molecule has 0 unspecified atom stereocenters. The van der Waals surface area contributed by atoms with Crippen LogP contribution in [0.2, 0.25) is 0 Å². The fourth-order valence-corrected chi connectivity index (χ4v) is 2.88. The highest BCUT2D eigenvalue weighted by molar-refractivity contribution is 7.07. The number of nitrogens with one attached hydrogen (secondary N) is 1. The van der Waals surface area contributed by atoms with Crippen molar-refractivity contribution in [3.05, 3.63) is 58.0 Å². The summed E-state index contributed by atoms with van der Waals surface area (Å²) in [5.74, 6) is -0.410. The molecule has 1 aromatic heterocycles. The van der Waals surface area contributed by atoms with Crippen LogP contribution in [0.25, 0.3) is 0 Å². The quantitative estimate of drug-likeness (QED) is 0.890. The number of rotatable bonds is 6. The number of carbonyl (C=O) groups is 1. The van der Waals surface area contributed by atoms with Gasteiger partial charge in [-0.1, -0.05) is 12.1 Å². The van der Waals surface area contributed by atoms with E-state index in [1.807, 2.05) is 19.5 Å². The van der Waals surface area contributed by atoms with Gasteiger partial charge in [0.05, 0.1) is 12.5 Å². The lowest BCUT2D eigenvalue weighted by Gasteiger charge is -2.24. The Balaban J connectivity index is 1.90. The molecule has 1 heterocycles. The molecule has 1 atom stereocenters. The minimum absolute atomic E-state index is 0.0947. The topological polar surface area (TPSA) is 32.3 Å². The van der Waals surface area contributed by atoms with Crippen LogP contribution in [-0.4, -0.2) is 31.4 Å². The van der Waals surface area contributed by atoms with Crippen LogP contribution in [0.3, 0.4) is 0 Å². The van der Waals surface area contributed by atoms with Gasteiger partial charge in [0, 0.05) is 6.54 Å². The van der Waals surface area contributed by atoms with E-state index in [1.54, 1.807) is 23.5 Å². The van der Waals surface area contributed by atoms with E-state index in [0.29, 0.717) is 12.1 Å². The lowest BCUT2D eigenvalue weighted by molar-refractivity contribution is -0.120. The van der Waals surface area contributed by atoms with Gasteiger partial charge in [-0.3, -0.25) is 4.79 Å². The van der Waals surface area contributed by atoms with E-state index < -0.39 is 0 Å². The number of carbonyl (C=O) groups excluding carboxylic acids is 1. The second-order valence-corrected chi connectivity index (χ2v) is 5.93. The predicted molar refractivity (Wildman–Crippen MR) is 83.9 cm³/mol. The van der Waals surface area contributed by atoms with Crippen molar-refractivity contribution < 1.29 is 9.18 Å². The first-order valence-electron chi connectivity index (χ1n) is 6.76. The number of hydrogen-bond acceptors (Lipinski definition) is 3. The van der Waals surface area contributed by atoms with Gasteiger partial charge in [0.2, 0.25) is 5.91 Å². The number of thiophene rings is 1. The number of amides is 1. The van der Waals surface area contributed by atoms with Crippen LogP contribution in [0.4, 0.5) is 4.39 Å². The smallest absolute Gasteiger partial charge is 0.224 e. The van der Waals surface area contributed by atoms with Crippen molar-refractivity contribution in [3.63, 3.8) is 0 Å². The zero-order chi connectivity index (χ0) is 15.2. The Hall–Kier alpha value is -1.72. The normalized spacial score (nSPS) is 12.4. The van der Waals surface area contributed by atoms with Gasteiger partial charge in [0.25, 0.3) is 0 Å². The molecule has 112 valence electrons. The number of nitrogens with zero attached hydrogens (tertiary/aromatic N) is 1. The maximum atomic E-state index is 13.1. The minimum Gasteiger partial charge on any atom is -0.354 e. The molecule has 0 fully saturated rings. The van der Waals surface area contributed by atoms with Gasteiger partial charge in [0.15, 0.2) is 0 Å². The van der Waals surface area contributed by atoms with Crippen LogP contribution < -0.4 is 5.32 Å². The van der Waals surface area contributed by atoms with Gasteiger partial charge in [-0.05, 0) is 54.2 Å². The number of hydrogen-bond donors (Lipinski definition) is 1. The maximum Gasteiger partial charge on any atom is 0.224 e. The van der Waals surface area contributed by atoms with E-state index in [1.165, 1.54) is 17.7 Å². The first-order valence-corrected chi connectivity index (χ1v) is 7.70. The first-order chi connectivity index (χ1) is 10.1. The molecule has 1 aromatic carbocycles. The van der Waals surface area contributed by atoms with E-state index in [9.17, 15) is 9.18 Å². The standard InChI is InChI=1S/C16H19FN2OS/c1-19(2)15(13-6-7-21-11-13)10-18-16(20)9-12-4-3-5-14(17)8-12/h3-8,11,15H,9-10H2,1-2H3,(H,18,20)/t15-/m0/s1. The maximum absolute atomic E-state index is 13.1. The van der Waals surface area contributed by atoms with E-state index in [-0.39, 0.29) is 24.2 Å². The Labute approximate surface area is 128 Å². The second-order valence-electron chi connectivity index (χ2n) is 5.15. The van der Waals surface area contributed by atoms with Crippen molar-refractivity contribution in [3.8, 4) is 0 Å². The summed E-state index contributed by atoms with van der Waals surface area (Å²) in [7, 11) is 3.97. The van der Waals surface area contributed by atoms with Crippen LogP contribution in [0, 0.1) is 5.82 Å². The van der Waals surface area contributed by atoms with Crippen molar-refractivity contribution in [2.24, 2.45) is 0 Å². The average Bonchev–Trinajstić information content (AvgIpc) is 2.92. The van der Waals surface area contributed by atoms with Crippen molar-refractivity contribution in [2.75, 3.05) is 20.6 Å². The molecule has 1 amide bonds. The van der Waals surface area contributed by atoms with E-state index in [0.717, 1.165) is 0 Å². The molecule has 0 spiro atoms. The van der Waals surface area contributed by atoms with Gasteiger partial charge in [0.1, 0.15) is 5.82 Å². The number of benzene rings is 1. The lowest BCUT2D eigenvalue weighted by Crippen LogP contribution is -2.35. The van der Waals surface area contributed by atoms with Crippen molar-refractivity contribution in [1.29, 1.82) is 0 Å². The summed E-state index contributed by atoms with van der Waals surface area (Å²) in [5.41, 5.74) is 1.88. The molecule has 2 aromatic rings. The molecule has 0 aliphatic heterocycles. The van der Waals surface area contributed by atoms with E-state index in [4.69, 9.17) is 0 Å². The Kier molecular flexibility index (Phi) is 5.47. The fraction of sp³-hybridized carbons (Fsp3) is 0.312. The van der Waals surface area contributed by atoms with E-state index in [2.05, 4.69) is 21.7 Å². The molecule has 0 bridgehead atoms. The minimum atomic E-state index is -0.315. The third-order valence-corrected chi connectivity index (χ3v) is 4.00.